The van der Waals surface area contributed by atoms with Crippen LogP contribution in [0.5, 0.6) is 11.6 Å². The first-order valence-electron chi connectivity index (χ1n) is 16.2. The van der Waals surface area contributed by atoms with E-state index in [1.807, 2.05) is 25.3 Å². The summed E-state index contributed by atoms with van der Waals surface area (Å²) in [7, 11) is 0. The molecule has 3 fully saturated rings. The first-order valence-corrected chi connectivity index (χ1v) is 16.2. The van der Waals surface area contributed by atoms with Crippen molar-refractivity contribution in [2.75, 3.05) is 51.4 Å². The molecule has 15 nitrogen and oxygen atoms in total. The van der Waals surface area contributed by atoms with Crippen molar-refractivity contribution in [3.8, 4) is 28.8 Å². The summed E-state index contributed by atoms with van der Waals surface area (Å²) in [5.41, 5.74) is 2.54. The highest BCUT2D eigenvalue weighted by Crippen LogP contribution is 2.41. The molecule has 7 rings (SSSR count). The maximum atomic E-state index is 9.68. The number of benzene rings is 1. The van der Waals surface area contributed by atoms with Crippen molar-refractivity contribution >= 4 is 11.6 Å². The van der Waals surface area contributed by atoms with Gasteiger partial charge in [0, 0.05) is 37.0 Å². The summed E-state index contributed by atoms with van der Waals surface area (Å²) in [5.74, 6) is 1.79. The lowest BCUT2D eigenvalue weighted by molar-refractivity contribution is -0.0841. The van der Waals surface area contributed by atoms with E-state index in [9.17, 15) is 5.26 Å². The molecule has 2 aliphatic heterocycles. The van der Waals surface area contributed by atoms with Crippen molar-refractivity contribution in [1.29, 1.82) is 5.26 Å². The number of tetrazole rings is 1. The van der Waals surface area contributed by atoms with Gasteiger partial charge in [0.15, 0.2) is 0 Å². The van der Waals surface area contributed by atoms with Gasteiger partial charge in [0.2, 0.25) is 5.95 Å². The van der Waals surface area contributed by atoms with Gasteiger partial charge in [-0.3, -0.25) is 4.90 Å². The maximum Gasteiger partial charge on any atom is 0.257 e. The standard InChI is InChI=1S/C32H39N11O4/c1-23(17-42-22-36-39-40-42)47-29-13-25(5-6-26(29)14-33)27-15-34-31(35-16-27)37-28-18-43(38-30(28)46-21-24-19-45-20-24)32(7-3-2-4-8-32)41-9-11-44-12-10-41/h5-6,13,15-16,18,22-24H,2-4,7-12,17,19-21H2,1H3,(H,34,35,37). The fraction of sp³-hybridized carbons (Fsp3) is 0.531. The van der Waals surface area contributed by atoms with Gasteiger partial charge in [-0.1, -0.05) is 12.5 Å². The first kappa shape index (κ1) is 31.0. The van der Waals surface area contributed by atoms with E-state index in [0.29, 0.717) is 55.4 Å². The Morgan fingerprint density at radius 2 is 1.89 bits per heavy atom. The zero-order chi connectivity index (χ0) is 32.1. The molecule has 0 bridgehead atoms. The van der Waals surface area contributed by atoms with E-state index in [1.54, 1.807) is 23.1 Å². The molecule has 0 spiro atoms. The second kappa shape index (κ2) is 14.0. The number of nitrogens with zero attached hydrogens (tertiary/aromatic N) is 10. The third-order valence-corrected chi connectivity index (χ3v) is 9.02. The smallest absolute Gasteiger partial charge is 0.257 e. The topological polar surface area (TPSA) is 163 Å². The zero-order valence-electron chi connectivity index (χ0n) is 26.5. The summed E-state index contributed by atoms with van der Waals surface area (Å²) in [6.45, 7) is 7.49. The molecule has 1 aliphatic carbocycles. The second-order valence-electron chi connectivity index (χ2n) is 12.4. The number of nitrogens with one attached hydrogen (secondary N) is 1. The van der Waals surface area contributed by atoms with Crippen LogP contribution in [0.25, 0.3) is 11.1 Å². The van der Waals surface area contributed by atoms with Crippen LogP contribution in [0.15, 0.2) is 43.1 Å². The number of hydrogen-bond donors (Lipinski definition) is 1. The lowest BCUT2D eigenvalue weighted by atomic mass is 9.87. The summed E-state index contributed by atoms with van der Waals surface area (Å²) in [6, 6.07) is 7.63. The van der Waals surface area contributed by atoms with Crippen LogP contribution in [0, 0.1) is 17.2 Å². The molecular formula is C32H39N11O4. The van der Waals surface area contributed by atoms with E-state index in [2.05, 4.69) is 46.5 Å². The summed E-state index contributed by atoms with van der Waals surface area (Å²) in [6.07, 6.45) is 12.4. The molecule has 1 saturated carbocycles. The Morgan fingerprint density at radius 1 is 1.09 bits per heavy atom. The minimum atomic E-state index is -0.270. The van der Waals surface area contributed by atoms with Crippen molar-refractivity contribution in [1.82, 2.24) is 44.9 Å². The molecule has 15 heteroatoms. The largest absolute Gasteiger partial charge is 0.487 e. The monoisotopic (exact) mass is 641 g/mol. The van der Waals surface area contributed by atoms with Crippen LogP contribution < -0.4 is 14.8 Å². The van der Waals surface area contributed by atoms with Gasteiger partial charge in [-0.05, 0) is 60.7 Å². The minimum Gasteiger partial charge on any atom is -0.487 e. The molecule has 246 valence electrons. The third kappa shape index (κ3) is 6.90. The van der Waals surface area contributed by atoms with Crippen molar-refractivity contribution in [2.45, 2.75) is 57.3 Å². The van der Waals surface area contributed by atoms with Crippen LogP contribution in [0.2, 0.25) is 0 Å². The predicted octanol–water partition coefficient (Wildman–Crippen LogP) is 3.38. The molecule has 3 aliphatic rings. The van der Waals surface area contributed by atoms with E-state index in [1.165, 1.54) is 12.7 Å². The molecule has 5 heterocycles. The number of morpholine rings is 1. The van der Waals surface area contributed by atoms with Crippen molar-refractivity contribution < 1.29 is 18.9 Å². The van der Waals surface area contributed by atoms with Gasteiger partial charge in [0.1, 0.15) is 35.6 Å². The Labute approximate surface area is 272 Å². The summed E-state index contributed by atoms with van der Waals surface area (Å²) < 4.78 is 27.1. The average molecular weight is 642 g/mol. The normalized spacial score (nSPS) is 19.0. The number of ether oxygens (including phenoxy) is 4. The molecule has 47 heavy (non-hydrogen) atoms. The van der Waals surface area contributed by atoms with E-state index in [-0.39, 0.29) is 11.8 Å². The Bertz CT molecular complexity index is 1660. The Morgan fingerprint density at radius 3 is 2.60 bits per heavy atom. The predicted molar refractivity (Wildman–Crippen MR) is 169 cm³/mol. The number of aromatic nitrogens is 8. The van der Waals surface area contributed by atoms with Crippen molar-refractivity contribution in [3.63, 3.8) is 0 Å². The summed E-state index contributed by atoms with van der Waals surface area (Å²) >= 11 is 0. The van der Waals surface area contributed by atoms with Crippen LogP contribution in [-0.4, -0.2) is 97.1 Å². The maximum absolute atomic E-state index is 9.68. The molecule has 3 aromatic heterocycles. The molecule has 0 radical (unpaired) electrons. The zero-order valence-corrected chi connectivity index (χ0v) is 26.5. The first-order chi connectivity index (χ1) is 23.1. The van der Waals surface area contributed by atoms with Crippen LogP contribution >= 0.6 is 0 Å². The molecule has 0 amide bonds. The van der Waals surface area contributed by atoms with Crippen LogP contribution in [0.4, 0.5) is 11.6 Å². The number of hydrogen-bond acceptors (Lipinski definition) is 13. The lowest BCUT2D eigenvalue weighted by Crippen LogP contribution is -2.56. The highest BCUT2D eigenvalue weighted by Gasteiger charge is 2.42. The molecule has 1 unspecified atom stereocenters. The Kier molecular flexibility index (Phi) is 9.23. The SMILES string of the molecule is CC(Cn1cnnn1)Oc1cc(-c2cnc(Nc3cn(C4(N5CCOCC5)CCCCC4)nc3OCC3COC3)nc2)ccc1C#N. The fourth-order valence-corrected chi connectivity index (χ4v) is 6.46. The molecule has 1 atom stereocenters. The van der Waals surface area contributed by atoms with E-state index < -0.39 is 0 Å². The number of rotatable bonds is 12. The van der Waals surface area contributed by atoms with Gasteiger partial charge in [-0.2, -0.15) is 5.26 Å². The van der Waals surface area contributed by atoms with Gasteiger partial charge in [-0.25, -0.2) is 19.3 Å². The molecule has 4 aromatic rings. The van der Waals surface area contributed by atoms with Crippen molar-refractivity contribution in [3.05, 3.63) is 48.7 Å². The lowest BCUT2D eigenvalue weighted by Gasteiger charge is -2.47. The van der Waals surface area contributed by atoms with Gasteiger partial charge >= 0.3 is 0 Å². The second-order valence-corrected chi connectivity index (χ2v) is 12.4. The highest BCUT2D eigenvalue weighted by atomic mass is 16.5. The summed E-state index contributed by atoms with van der Waals surface area (Å²) in [4.78, 5) is 11.8. The van der Waals surface area contributed by atoms with Gasteiger partial charge in [-0.15, -0.1) is 10.2 Å². The van der Waals surface area contributed by atoms with Crippen LogP contribution in [0.1, 0.15) is 44.6 Å². The Balaban J connectivity index is 1.11. The van der Waals surface area contributed by atoms with Gasteiger partial charge < -0.3 is 24.3 Å². The van der Waals surface area contributed by atoms with Crippen molar-refractivity contribution in [2.24, 2.45) is 5.92 Å². The van der Waals surface area contributed by atoms with E-state index in [4.69, 9.17) is 24.0 Å². The number of anilines is 2. The van der Waals surface area contributed by atoms with Gasteiger partial charge in [0.25, 0.3) is 5.88 Å². The fourth-order valence-electron chi connectivity index (χ4n) is 6.46. The number of nitriles is 1. The summed E-state index contributed by atoms with van der Waals surface area (Å²) in [5, 5.41) is 29.3. The molecule has 2 saturated heterocycles. The van der Waals surface area contributed by atoms with Crippen LogP contribution in [-0.2, 0) is 21.7 Å². The minimum absolute atomic E-state index is 0.219. The van der Waals surface area contributed by atoms with Gasteiger partial charge in [0.05, 0.1) is 51.3 Å². The molecular weight excluding hydrogens is 602 g/mol. The van der Waals surface area contributed by atoms with E-state index in [0.717, 1.165) is 68.8 Å². The molecule has 1 aromatic carbocycles. The Hall–Kier alpha value is -4.65. The van der Waals surface area contributed by atoms with Crippen LogP contribution in [0.3, 0.4) is 0 Å². The quantitative estimate of drug-likeness (QED) is 0.240. The average Bonchev–Trinajstić information content (AvgIpc) is 3.75. The molecule has 1 N–H and O–H groups in total. The van der Waals surface area contributed by atoms with E-state index >= 15 is 0 Å². The highest BCUT2D eigenvalue weighted by molar-refractivity contribution is 5.67. The third-order valence-electron chi connectivity index (χ3n) is 9.02.